The van der Waals surface area contributed by atoms with Crippen LogP contribution in [0.5, 0.6) is 5.75 Å². The quantitative estimate of drug-likeness (QED) is 0.656. The molecule has 1 aromatic carbocycles. The molecule has 0 aliphatic heterocycles. The summed E-state index contributed by atoms with van der Waals surface area (Å²) in [5.74, 6) is -3.99. The van der Waals surface area contributed by atoms with Crippen LogP contribution >= 0.6 is 0 Å². The van der Waals surface area contributed by atoms with Crippen LogP contribution in [0.4, 0.5) is 8.78 Å². The van der Waals surface area contributed by atoms with Gasteiger partial charge in [-0.25, -0.2) is 4.39 Å². The minimum Gasteiger partial charge on any atom is -0.504 e. The second-order valence-electron chi connectivity index (χ2n) is 2.31. The van der Waals surface area contributed by atoms with Gasteiger partial charge in [-0.1, -0.05) is 0 Å². The summed E-state index contributed by atoms with van der Waals surface area (Å²) in [7, 11) is 0. The van der Waals surface area contributed by atoms with Gasteiger partial charge < -0.3 is 5.11 Å². The summed E-state index contributed by atoms with van der Waals surface area (Å²) in [4.78, 5) is 10.7. The number of ketones is 1. The van der Waals surface area contributed by atoms with Gasteiger partial charge in [0.05, 0.1) is 5.56 Å². The molecule has 0 bridgehead atoms. The van der Waals surface area contributed by atoms with Crippen molar-refractivity contribution in [2.24, 2.45) is 0 Å². The van der Waals surface area contributed by atoms with Gasteiger partial charge in [-0.15, -0.1) is 0 Å². The summed E-state index contributed by atoms with van der Waals surface area (Å²) >= 11 is 0. The maximum absolute atomic E-state index is 12.6. The molecule has 0 radical (unpaired) electrons. The second-order valence-corrected chi connectivity index (χ2v) is 2.31. The van der Waals surface area contributed by atoms with Crippen molar-refractivity contribution in [3.8, 4) is 5.75 Å². The monoisotopic (exact) mass is 172 g/mol. The molecule has 0 saturated heterocycles. The van der Waals surface area contributed by atoms with Gasteiger partial charge in [-0.3, -0.25) is 4.79 Å². The van der Waals surface area contributed by atoms with Gasteiger partial charge in [0.15, 0.2) is 17.3 Å². The van der Waals surface area contributed by atoms with Crippen molar-refractivity contribution < 1.29 is 18.7 Å². The van der Waals surface area contributed by atoms with Gasteiger partial charge in [-0.2, -0.15) is 4.39 Å². The lowest BCUT2D eigenvalue weighted by Crippen LogP contribution is -1.96. The molecule has 12 heavy (non-hydrogen) atoms. The molecule has 0 atom stereocenters. The Kier molecular flexibility index (Phi) is 2.08. The van der Waals surface area contributed by atoms with Crippen LogP contribution in [0.25, 0.3) is 0 Å². The third-order valence-electron chi connectivity index (χ3n) is 1.45. The summed E-state index contributed by atoms with van der Waals surface area (Å²) in [6.45, 7) is 1.16. The Morgan fingerprint density at radius 2 is 2.00 bits per heavy atom. The number of hydrogen-bond donors (Lipinski definition) is 1. The lowest BCUT2D eigenvalue weighted by atomic mass is 10.1. The van der Waals surface area contributed by atoms with Crippen LogP contribution in [-0.4, -0.2) is 10.9 Å². The van der Waals surface area contributed by atoms with Crippen molar-refractivity contribution in [1.82, 2.24) is 0 Å². The Labute approximate surface area is 67.4 Å². The number of halogens is 2. The molecule has 0 aliphatic carbocycles. The number of rotatable bonds is 1. The minimum atomic E-state index is -1.39. The number of carbonyl (C=O) groups excluding carboxylic acids is 1. The lowest BCUT2D eigenvalue weighted by Gasteiger charge is -2.01. The Morgan fingerprint density at radius 1 is 1.42 bits per heavy atom. The predicted molar refractivity (Wildman–Crippen MR) is 38.0 cm³/mol. The van der Waals surface area contributed by atoms with E-state index in [4.69, 9.17) is 5.11 Å². The number of carbonyl (C=O) groups is 1. The molecule has 0 heterocycles. The topological polar surface area (TPSA) is 37.3 Å². The fourth-order valence-corrected chi connectivity index (χ4v) is 0.824. The highest BCUT2D eigenvalue weighted by Crippen LogP contribution is 2.23. The number of phenols is 1. The first-order chi connectivity index (χ1) is 5.54. The molecule has 1 N–H and O–H groups in total. The van der Waals surface area contributed by atoms with Crippen LogP contribution in [0.3, 0.4) is 0 Å². The van der Waals surface area contributed by atoms with Crippen molar-refractivity contribution in [3.63, 3.8) is 0 Å². The van der Waals surface area contributed by atoms with Gasteiger partial charge in [0.25, 0.3) is 0 Å². The third-order valence-corrected chi connectivity index (χ3v) is 1.45. The molecule has 0 unspecified atom stereocenters. The third kappa shape index (κ3) is 1.28. The Morgan fingerprint density at radius 3 is 2.50 bits per heavy atom. The van der Waals surface area contributed by atoms with Crippen molar-refractivity contribution in [1.29, 1.82) is 0 Å². The van der Waals surface area contributed by atoms with Gasteiger partial charge >= 0.3 is 0 Å². The molecule has 2 nitrogen and oxygen atoms in total. The highest BCUT2D eigenvalue weighted by atomic mass is 19.2. The molecule has 0 spiro atoms. The Bertz CT molecular complexity index is 334. The fourth-order valence-electron chi connectivity index (χ4n) is 0.824. The van der Waals surface area contributed by atoms with Crippen molar-refractivity contribution >= 4 is 5.78 Å². The van der Waals surface area contributed by atoms with E-state index in [1.807, 2.05) is 0 Å². The van der Waals surface area contributed by atoms with E-state index in [-0.39, 0.29) is 5.56 Å². The molecule has 1 aromatic rings. The van der Waals surface area contributed by atoms with E-state index in [9.17, 15) is 13.6 Å². The molecule has 0 fully saturated rings. The number of benzene rings is 1. The average molecular weight is 172 g/mol. The summed E-state index contributed by atoms with van der Waals surface area (Å²) in [6, 6.07) is 1.84. The molecular formula is C8H6F2O2. The van der Waals surface area contributed by atoms with E-state index in [0.717, 1.165) is 19.1 Å². The molecule has 1 rings (SSSR count). The average Bonchev–Trinajstić information content (AvgIpc) is 2.00. The molecule has 0 amide bonds. The largest absolute Gasteiger partial charge is 0.504 e. The van der Waals surface area contributed by atoms with Gasteiger partial charge in [-0.05, 0) is 19.1 Å². The van der Waals surface area contributed by atoms with E-state index in [1.165, 1.54) is 0 Å². The Hall–Kier alpha value is -1.45. The highest BCUT2D eigenvalue weighted by Gasteiger charge is 2.14. The second kappa shape index (κ2) is 2.89. The molecule has 0 aromatic heterocycles. The van der Waals surface area contributed by atoms with Crippen LogP contribution in [-0.2, 0) is 0 Å². The van der Waals surface area contributed by atoms with Gasteiger partial charge in [0, 0.05) is 0 Å². The zero-order valence-corrected chi connectivity index (χ0v) is 6.27. The number of hydrogen-bond acceptors (Lipinski definition) is 2. The minimum absolute atomic E-state index is 0.214. The smallest absolute Gasteiger partial charge is 0.201 e. The highest BCUT2D eigenvalue weighted by molar-refractivity contribution is 5.96. The van der Waals surface area contributed by atoms with Crippen molar-refractivity contribution in [2.45, 2.75) is 6.92 Å². The summed E-state index contributed by atoms with van der Waals surface area (Å²) in [5.41, 5.74) is -0.214. The first-order valence-electron chi connectivity index (χ1n) is 3.22. The van der Waals surface area contributed by atoms with Gasteiger partial charge in [0.1, 0.15) is 0 Å². The number of Topliss-reactive ketones (excluding diaryl/α,β-unsaturated/α-hetero) is 1. The normalized spacial score (nSPS) is 9.92. The molecule has 64 valence electrons. The van der Waals surface area contributed by atoms with Crippen LogP contribution in [0, 0.1) is 11.6 Å². The number of phenolic OH excluding ortho intramolecular Hbond substituents is 1. The molecule has 4 heteroatoms. The summed E-state index contributed by atoms with van der Waals surface area (Å²) in [5, 5.41) is 8.91. The fraction of sp³-hybridized carbons (Fsp3) is 0.125. The molecule has 0 aliphatic rings. The SMILES string of the molecule is CC(=O)c1ccc(F)c(F)c1O. The van der Waals surface area contributed by atoms with Crippen molar-refractivity contribution in [3.05, 3.63) is 29.3 Å². The summed E-state index contributed by atoms with van der Waals surface area (Å²) in [6.07, 6.45) is 0. The molecule has 0 saturated carbocycles. The standard InChI is InChI=1S/C8H6F2O2/c1-4(11)5-2-3-6(9)7(10)8(5)12/h2-3,12H,1H3. The number of aromatic hydroxyl groups is 1. The molecular weight excluding hydrogens is 166 g/mol. The van der Waals surface area contributed by atoms with E-state index in [2.05, 4.69) is 0 Å². The Balaban J connectivity index is 3.36. The predicted octanol–water partition coefficient (Wildman–Crippen LogP) is 1.87. The maximum Gasteiger partial charge on any atom is 0.201 e. The van der Waals surface area contributed by atoms with Crippen LogP contribution in [0.2, 0.25) is 0 Å². The summed E-state index contributed by atoms with van der Waals surface area (Å²) < 4.78 is 25.0. The first kappa shape index (κ1) is 8.64. The van der Waals surface area contributed by atoms with E-state index >= 15 is 0 Å². The maximum atomic E-state index is 12.6. The van der Waals surface area contributed by atoms with Crippen molar-refractivity contribution in [2.75, 3.05) is 0 Å². The van der Waals surface area contributed by atoms with E-state index in [0.29, 0.717) is 0 Å². The van der Waals surface area contributed by atoms with E-state index in [1.54, 1.807) is 0 Å². The lowest BCUT2D eigenvalue weighted by molar-refractivity contribution is 0.101. The van der Waals surface area contributed by atoms with Crippen LogP contribution in [0.1, 0.15) is 17.3 Å². The zero-order valence-electron chi connectivity index (χ0n) is 6.27. The van der Waals surface area contributed by atoms with E-state index < -0.39 is 23.2 Å². The zero-order chi connectivity index (χ0) is 9.30. The van der Waals surface area contributed by atoms with Crippen LogP contribution < -0.4 is 0 Å². The van der Waals surface area contributed by atoms with Gasteiger partial charge in [0.2, 0.25) is 5.82 Å². The van der Waals surface area contributed by atoms with Crippen LogP contribution in [0.15, 0.2) is 12.1 Å². The first-order valence-corrected chi connectivity index (χ1v) is 3.22.